The summed E-state index contributed by atoms with van der Waals surface area (Å²) in [6.07, 6.45) is 2.58. The average molecular weight is 269 g/mol. The Hall–Kier alpha value is -1.43. The number of methoxy groups -OCH3 is 1. The molecule has 0 unspecified atom stereocenters. The number of anilines is 2. The first kappa shape index (κ1) is 13.0. The van der Waals surface area contributed by atoms with Crippen LogP contribution in [0, 0.1) is 5.92 Å². The van der Waals surface area contributed by atoms with E-state index in [0.29, 0.717) is 16.3 Å². The van der Waals surface area contributed by atoms with Gasteiger partial charge in [-0.1, -0.05) is 0 Å². The molecule has 1 aliphatic rings. The monoisotopic (exact) mass is 269 g/mol. The van der Waals surface area contributed by atoms with Crippen LogP contribution in [0.4, 0.5) is 10.7 Å². The van der Waals surface area contributed by atoms with Gasteiger partial charge in [-0.25, -0.2) is 0 Å². The Bertz CT molecular complexity index is 454. The molecular weight excluding hydrogens is 250 g/mol. The Morgan fingerprint density at radius 2 is 2.28 bits per heavy atom. The van der Waals surface area contributed by atoms with E-state index in [-0.39, 0.29) is 5.91 Å². The fraction of sp³-hybridized carbons (Fsp3) is 0.583. The van der Waals surface area contributed by atoms with Gasteiger partial charge in [-0.15, -0.1) is 11.3 Å². The summed E-state index contributed by atoms with van der Waals surface area (Å²) in [5.74, 6) is 1.22. The van der Waals surface area contributed by atoms with Crippen molar-refractivity contribution in [1.82, 2.24) is 5.32 Å². The van der Waals surface area contributed by atoms with Gasteiger partial charge in [-0.2, -0.15) is 0 Å². The first-order chi connectivity index (χ1) is 8.58. The fourth-order valence-corrected chi connectivity index (χ4v) is 3.02. The minimum atomic E-state index is -0.165. The number of ether oxygens (including phenoxy) is 1. The maximum absolute atomic E-state index is 11.7. The molecule has 0 bridgehead atoms. The van der Waals surface area contributed by atoms with Crippen LogP contribution in [0.5, 0.6) is 5.75 Å². The molecule has 1 aliphatic carbocycles. The molecule has 0 saturated heterocycles. The van der Waals surface area contributed by atoms with Crippen molar-refractivity contribution >= 4 is 27.9 Å². The third-order valence-electron chi connectivity index (χ3n) is 3.10. The van der Waals surface area contributed by atoms with Crippen LogP contribution < -0.4 is 20.7 Å². The van der Waals surface area contributed by atoms with E-state index in [0.717, 1.165) is 17.5 Å². The highest BCUT2D eigenvalue weighted by Gasteiger charge is 2.27. The molecule has 0 radical (unpaired) electrons. The van der Waals surface area contributed by atoms with E-state index >= 15 is 0 Å². The number of thiophene rings is 1. The lowest BCUT2D eigenvalue weighted by molar-refractivity contribution is 0.0967. The van der Waals surface area contributed by atoms with Gasteiger partial charge in [-0.3, -0.25) is 4.79 Å². The van der Waals surface area contributed by atoms with Gasteiger partial charge in [0.2, 0.25) is 0 Å². The van der Waals surface area contributed by atoms with Crippen molar-refractivity contribution in [2.75, 3.05) is 38.4 Å². The molecule has 0 aliphatic heterocycles. The zero-order chi connectivity index (χ0) is 13.3. The number of nitrogens with two attached hydrogens (primary N) is 1. The van der Waals surface area contributed by atoms with Crippen molar-refractivity contribution in [2.45, 2.75) is 12.8 Å². The van der Waals surface area contributed by atoms with Crippen LogP contribution in [0.25, 0.3) is 0 Å². The van der Waals surface area contributed by atoms with E-state index in [1.54, 1.807) is 14.2 Å². The van der Waals surface area contributed by atoms with E-state index in [4.69, 9.17) is 10.5 Å². The predicted molar refractivity (Wildman–Crippen MR) is 74.7 cm³/mol. The Balaban J connectivity index is 2.30. The largest absolute Gasteiger partial charge is 0.492 e. The standard InChI is InChI=1S/C12H19N3O2S/c1-14-11(16)10-8(13)9(17-3)12(18-10)15(2)6-7-4-5-7/h7H,4-6,13H2,1-3H3,(H,14,16). The van der Waals surface area contributed by atoms with Crippen molar-refractivity contribution in [3.63, 3.8) is 0 Å². The van der Waals surface area contributed by atoms with Gasteiger partial charge in [0.25, 0.3) is 5.91 Å². The number of rotatable bonds is 5. The number of nitrogen functional groups attached to an aromatic ring is 1. The number of nitrogens with one attached hydrogen (secondary N) is 1. The van der Waals surface area contributed by atoms with Crippen molar-refractivity contribution in [2.24, 2.45) is 5.92 Å². The molecule has 1 aromatic rings. The number of carbonyl (C=O) groups excluding carboxylic acids is 1. The van der Waals surface area contributed by atoms with Crippen molar-refractivity contribution in [3.05, 3.63) is 4.88 Å². The Morgan fingerprint density at radius 3 is 2.78 bits per heavy atom. The van der Waals surface area contributed by atoms with Gasteiger partial charge in [0, 0.05) is 20.6 Å². The SMILES string of the molecule is CNC(=O)c1sc(N(C)CC2CC2)c(OC)c1N. The summed E-state index contributed by atoms with van der Waals surface area (Å²) >= 11 is 1.39. The second-order valence-corrected chi connectivity index (χ2v) is 5.59. The zero-order valence-corrected chi connectivity index (χ0v) is 11.8. The molecule has 1 aromatic heterocycles. The van der Waals surface area contributed by atoms with Crippen LogP contribution in [0.2, 0.25) is 0 Å². The van der Waals surface area contributed by atoms with E-state index < -0.39 is 0 Å². The van der Waals surface area contributed by atoms with Crippen LogP contribution in [0.3, 0.4) is 0 Å². The molecule has 1 saturated carbocycles. The third kappa shape index (κ3) is 2.38. The summed E-state index contributed by atoms with van der Waals surface area (Å²) in [6.45, 7) is 0.990. The molecule has 3 N–H and O–H groups in total. The summed E-state index contributed by atoms with van der Waals surface area (Å²) in [6, 6.07) is 0. The highest BCUT2D eigenvalue weighted by atomic mass is 32.1. The molecule has 1 amide bonds. The summed E-state index contributed by atoms with van der Waals surface area (Å²) < 4.78 is 5.34. The number of amides is 1. The molecule has 1 heterocycles. The van der Waals surface area contributed by atoms with Gasteiger partial charge >= 0.3 is 0 Å². The Morgan fingerprint density at radius 1 is 1.61 bits per heavy atom. The summed E-state index contributed by atoms with van der Waals surface area (Å²) in [4.78, 5) is 14.4. The van der Waals surface area contributed by atoms with Crippen molar-refractivity contribution < 1.29 is 9.53 Å². The molecule has 0 atom stereocenters. The molecule has 1 fully saturated rings. The second kappa shape index (κ2) is 5.06. The van der Waals surface area contributed by atoms with Gasteiger partial charge in [0.15, 0.2) is 5.75 Å². The minimum Gasteiger partial charge on any atom is -0.492 e. The lowest BCUT2D eigenvalue weighted by atomic mass is 10.3. The summed E-state index contributed by atoms with van der Waals surface area (Å²) in [5, 5.41) is 3.53. The zero-order valence-electron chi connectivity index (χ0n) is 10.9. The highest BCUT2D eigenvalue weighted by molar-refractivity contribution is 7.19. The smallest absolute Gasteiger partial charge is 0.263 e. The number of hydrogen-bond acceptors (Lipinski definition) is 5. The van der Waals surface area contributed by atoms with Crippen LogP contribution >= 0.6 is 11.3 Å². The molecule has 6 heteroatoms. The Kier molecular flexibility index (Phi) is 3.65. The maximum atomic E-state index is 11.7. The van der Waals surface area contributed by atoms with Crippen molar-refractivity contribution in [1.29, 1.82) is 0 Å². The van der Waals surface area contributed by atoms with E-state index in [9.17, 15) is 4.79 Å². The van der Waals surface area contributed by atoms with Gasteiger partial charge in [0.1, 0.15) is 15.6 Å². The first-order valence-electron chi connectivity index (χ1n) is 5.98. The van der Waals surface area contributed by atoms with Crippen LogP contribution in [0.1, 0.15) is 22.5 Å². The van der Waals surface area contributed by atoms with Gasteiger partial charge < -0.3 is 20.7 Å². The normalized spacial score (nSPS) is 14.4. The van der Waals surface area contributed by atoms with E-state index in [1.165, 1.54) is 24.2 Å². The van der Waals surface area contributed by atoms with Gasteiger partial charge in [0.05, 0.1) is 7.11 Å². The fourth-order valence-electron chi connectivity index (χ4n) is 1.92. The van der Waals surface area contributed by atoms with Gasteiger partial charge in [-0.05, 0) is 18.8 Å². The molecular formula is C12H19N3O2S. The summed E-state index contributed by atoms with van der Waals surface area (Å²) in [5.41, 5.74) is 6.40. The van der Waals surface area contributed by atoms with Crippen LogP contribution in [0.15, 0.2) is 0 Å². The molecule has 18 heavy (non-hydrogen) atoms. The predicted octanol–water partition coefficient (Wildman–Crippen LogP) is 1.54. The second-order valence-electron chi connectivity index (χ2n) is 4.59. The highest BCUT2D eigenvalue weighted by Crippen LogP contribution is 2.45. The molecule has 2 rings (SSSR count). The lowest BCUT2D eigenvalue weighted by Crippen LogP contribution is -2.19. The quantitative estimate of drug-likeness (QED) is 0.851. The topological polar surface area (TPSA) is 67.6 Å². The number of carbonyl (C=O) groups is 1. The molecule has 0 aromatic carbocycles. The molecule has 0 spiro atoms. The van der Waals surface area contributed by atoms with Crippen LogP contribution in [-0.2, 0) is 0 Å². The van der Waals surface area contributed by atoms with Crippen molar-refractivity contribution in [3.8, 4) is 5.75 Å². The molecule has 5 nitrogen and oxygen atoms in total. The lowest BCUT2D eigenvalue weighted by Gasteiger charge is -2.18. The average Bonchev–Trinajstić information content (AvgIpc) is 3.10. The third-order valence-corrected chi connectivity index (χ3v) is 4.40. The van der Waals surface area contributed by atoms with E-state index in [2.05, 4.69) is 10.2 Å². The summed E-state index contributed by atoms with van der Waals surface area (Å²) in [7, 11) is 5.20. The first-order valence-corrected chi connectivity index (χ1v) is 6.79. The maximum Gasteiger partial charge on any atom is 0.263 e. The number of hydrogen-bond donors (Lipinski definition) is 2. The number of nitrogens with zero attached hydrogens (tertiary/aromatic N) is 1. The molecule has 100 valence electrons. The van der Waals surface area contributed by atoms with E-state index in [1.807, 2.05) is 7.05 Å². The minimum absolute atomic E-state index is 0.165. The van der Waals surface area contributed by atoms with Crippen LogP contribution in [-0.4, -0.2) is 33.7 Å². The Labute approximate surface area is 111 Å².